The number of benzene rings is 1. The number of rotatable bonds is 3. The number of hydrogen-bond donors (Lipinski definition) is 2. The Morgan fingerprint density at radius 2 is 2.06 bits per heavy atom. The molecule has 0 aliphatic heterocycles. The monoisotopic (exact) mass is 264 g/mol. The van der Waals surface area contributed by atoms with E-state index in [0.717, 1.165) is 6.07 Å². The third-order valence-corrected chi connectivity index (χ3v) is 1.78. The summed E-state index contributed by atoms with van der Waals surface area (Å²) in [6.07, 6.45) is 0. The van der Waals surface area contributed by atoms with Crippen molar-refractivity contribution in [2.24, 2.45) is 0 Å². The first-order chi connectivity index (χ1) is 7.49. The molecule has 1 rings (SSSR count). The van der Waals surface area contributed by atoms with Gasteiger partial charge in [-0.3, -0.25) is 0 Å². The first-order valence-corrected chi connectivity index (χ1v) is 4.53. The van der Waals surface area contributed by atoms with Crippen molar-refractivity contribution in [1.29, 1.82) is 0 Å². The summed E-state index contributed by atoms with van der Waals surface area (Å²) in [5.41, 5.74) is 0.239. The van der Waals surface area contributed by atoms with E-state index in [0.29, 0.717) is 0 Å². The van der Waals surface area contributed by atoms with E-state index in [1.165, 1.54) is 25.1 Å². The molecule has 0 bridgehead atoms. The van der Waals surface area contributed by atoms with Gasteiger partial charge in [0.15, 0.2) is 0 Å². The topological polar surface area (TPSA) is 81.3 Å². The zero-order valence-corrected chi connectivity index (χ0v) is 12.6. The minimum atomic E-state index is -1.39. The third-order valence-electron chi connectivity index (χ3n) is 1.78. The van der Waals surface area contributed by atoms with Gasteiger partial charge in [0.2, 0.25) is 0 Å². The van der Waals surface area contributed by atoms with Crippen LogP contribution in [0.4, 0.5) is 14.9 Å². The van der Waals surface area contributed by atoms with Crippen molar-refractivity contribution in [3.63, 3.8) is 0 Å². The molecule has 2 amide bonds. The molecule has 5 nitrogen and oxygen atoms in total. The van der Waals surface area contributed by atoms with E-state index in [-0.39, 0.29) is 57.1 Å². The van der Waals surface area contributed by atoms with Gasteiger partial charge in [-0.2, -0.15) is 0 Å². The number of nitrogens with one attached hydrogen (secondary N) is 2. The fourth-order valence-corrected chi connectivity index (χ4v) is 0.989. The first-order valence-electron chi connectivity index (χ1n) is 4.53. The summed E-state index contributed by atoms with van der Waals surface area (Å²) in [6.45, 7) is 1.26. The molecule has 0 saturated heterocycles. The van der Waals surface area contributed by atoms with Crippen LogP contribution in [0.15, 0.2) is 24.3 Å². The molecule has 0 aliphatic rings. The van der Waals surface area contributed by atoms with Crippen LogP contribution in [0.5, 0.6) is 0 Å². The number of carbonyl (C=O) groups is 2. The average molecular weight is 264 g/mol. The van der Waals surface area contributed by atoms with Crippen LogP contribution in [0.3, 0.4) is 0 Å². The number of hydrogen-bond acceptors (Lipinski definition) is 3. The van der Waals surface area contributed by atoms with Crippen LogP contribution >= 0.6 is 0 Å². The van der Waals surface area contributed by atoms with Crippen molar-refractivity contribution in [2.75, 3.05) is 5.32 Å². The number of halogens is 1. The summed E-state index contributed by atoms with van der Waals surface area (Å²) in [4.78, 5) is 21.5. The Labute approximate surface area is 140 Å². The van der Waals surface area contributed by atoms with Gasteiger partial charge in [0, 0.05) is 5.69 Å². The van der Waals surface area contributed by atoms with E-state index in [4.69, 9.17) is 0 Å². The number of aliphatic carboxylic acids is 1. The molecule has 86 valence electrons. The smallest absolute Gasteiger partial charge is 0.548 e. The summed E-state index contributed by atoms with van der Waals surface area (Å²) in [6, 6.07) is 3.39. The zero-order chi connectivity index (χ0) is 12.1. The summed E-state index contributed by atoms with van der Waals surface area (Å²) < 4.78 is 12.7. The molecule has 17 heavy (non-hydrogen) atoms. The number of amides is 2. The van der Waals surface area contributed by atoms with Gasteiger partial charge in [-0.1, -0.05) is 6.07 Å². The number of urea groups is 1. The van der Waals surface area contributed by atoms with Crippen molar-refractivity contribution < 1.29 is 70.5 Å². The predicted octanol–water partition coefficient (Wildman–Crippen LogP) is -2.91. The van der Waals surface area contributed by atoms with Gasteiger partial charge in [-0.05, 0) is 25.1 Å². The summed E-state index contributed by atoms with van der Waals surface area (Å²) >= 11 is 0. The van der Waals surface area contributed by atoms with Gasteiger partial charge in [0.25, 0.3) is 0 Å². The third kappa shape index (κ3) is 6.13. The molecule has 0 aromatic heterocycles. The molecule has 0 aliphatic carbocycles. The number of carbonyl (C=O) groups excluding carboxylic acids is 2. The fourth-order valence-electron chi connectivity index (χ4n) is 0.989. The van der Waals surface area contributed by atoms with Crippen molar-refractivity contribution >= 4 is 17.7 Å². The number of anilines is 1. The normalized spacial score (nSPS) is 10.9. The molecule has 0 radical (unpaired) electrons. The van der Waals surface area contributed by atoms with Crippen LogP contribution in [0.25, 0.3) is 0 Å². The van der Waals surface area contributed by atoms with E-state index in [1.807, 2.05) is 0 Å². The molecular formula is C10H10FKN2O3. The second-order valence-electron chi connectivity index (χ2n) is 3.15. The van der Waals surface area contributed by atoms with E-state index in [1.54, 1.807) is 0 Å². The van der Waals surface area contributed by atoms with Crippen LogP contribution in [-0.4, -0.2) is 18.0 Å². The molecular weight excluding hydrogens is 254 g/mol. The van der Waals surface area contributed by atoms with Crippen molar-refractivity contribution in [3.8, 4) is 0 Å². The van der Waals surface area contributed by atoms with Crippen molar-refractivity contribution in [3.05, 3.63) is 30.1 Å². The molecule has 7 heteroatoms. The SMILES string of the molecule is CC(NC(=O)Nc1cccc(F)c1)C(=O)[O-].[K+]. The maximum atomic E-state index is 12.7. The Morgan fingerprint density at radius 1 is 1.41 bits per heavy atom. The fraction of sp³-hybridized carbons (Fsp3) is 0.200. The Bertz CT molecular complexity index is 414. The van der Waals surface area contributed by atoms with E-state index < -0.39 is 23.9 Å². The van der Waals surface area contributed by atoms with Crippen molar-refractivity contribution in [2.45, 2.75) is 13.0 Å². The largest absolute Gasteiger partial charge is 1.00 e. The van der Waals surface area contributed by atoms with Crippen LogP contribution < -0.4 is 67.1 Å². The van der Waals surface area contributed by atoms with Crippen molar-refractivity contribution in [1.82, 2.24) is 5.32 Å². The number of carboxylic acids is 1. The van der Waals surface area contributed by atoms with Crippen LogP contribution in [0.2, 0.25) is 0 Å². The zero-order valence-electron chi connectivity index (χ0n) is 9.49. The van der Waals surface area contributed by atoms with Gasteiger partial charge in [-0.25, -0.2) is 9.18 Å². The quantitative estimate of drug-likeness (QED) is 0.574. The molecule has 0 spiro atoms. The molecule has 1 aromatic rings. The number of carboxylic acid groups (broad SMARTS) is 1. The van der Waals surface area contributed by atoms with Gasteiger partial charge >= 0.3 is 57.4 Å². The molecule has 2 N–H and O–H groups in total. The summed E-state index contributed by atoms with van der Waals surface area (Å²) in [7, 11) is 0. The van der Waals surface area contributed by atoms with E-state index in [2.05, 4.69) is 10.6 Å². The van der Waals surface area contributed by atoms with Gasteiger partial charge in [-0.15, -0.1) is 0 Å². The maximum Gasteiger partial charge on any atom is 1.00 e. The Morgan fingerprint density at radius 3 is 2.59 bits per heavy atom. The summed E-state index contributed by atoms with van der Waals surface area (Å²) in [5.74, 6) is -1.89. The predicted molar refractivity (Wildman–Crippen MR) is 53.0 cm³/mol. The van der Waals surface area contributed by atoms with Crippen LogP contribution in [0, 0.1) is 5.82 Å². The minimum absolute atomic E-state index is 0. The van der Waals surface area contributed by atoms with Gasteiger partial charge in [0.1, 0.15) is 5.82 Å². The maximum absolute atomic E-state index is 12.7. The molecule has 0 fully saturated rings. The molecule has 1 aromatic carbocycles. The Hall–Kier alpha value is -0.474. The molecule has 1 unspecified atom stereocenters. The Kier molecular flexibility index (Phi) is 7.56. The van der Waals surface area contributed by atoms with E-state index >= 15 is 0 Å². The molecule has 1 atom stereocenters. The average Bonchev–Trinajstić information content (AvgIpc) is 2.16. The second-order valence-corrected chi connectivity index (χ2v) is 3.15. The second kappa shape index (κ2) is 7.78. The minimum Gasteiger partial charge on any atom is -0.548 e. The summed E-state index contributed by atoms with van der Waals surface area (Å²) in [5, 5.41) is 14.7. The van der Waals surface area contributed by atoms with Gasteiger partial charge < -0.3 is 20.5 Å². The van der Waals surface area contributed by atoms with Crippen LogP contribution in [0.1, 0.15) is 6.92 Å². The standard InChI is InChI=1S/C10H11FN2O3.K/c1-6(9(14)15)12-10(16)13-8-4-2-3-7(11)5-8;/h2-6H,1H3,(H,14,15)(H2,12,13,16);/q;+1/p-1. The first kappa shape index (κ1) is 16.5. The van der Waals surface area contributed by atoms with Crippen LogP contribution in [-0.2, 0) is 4.79 Å². The molecule has 0 saturated carbocycles. The molecule has 0 heterocycles. The Balaban J connectivity index is 0.00000256. The van der Waals surface area contributed by atoms with E-state index in [9.17, 15) is 19.1 Å². The van der Waals surface area contributed by atoms with Gasteiger partial charge in [0.05, 0.1) is 12.0 Å².